The fourth-order valence-corrected chi connectivity index (χ4v) is 1.64. The van der Waals surface area contributed by atoms with E-state index in [1.165, 1.54) is 5.56 Å². The van der Waals surface area contributed by atoms with Crippen LogP contribution in [0.15, 0.2) is 18.2 Å². The van der Waals surface area contributed by atoms with Gasteiger partial charge in [0.2, 0.25) is 0 Å². The molecule has 1 N–H and O–H groups in total. The fraction of sp³-hybridized carbons (Fsp3) is 0.455. The average molecular weight is 199 g/mol. The Hall–Kier alpha value is -0.530. The molecule has 0 saturated heterocycles. The van der Waals surface area contributed by atoms with Crippen LogP contribution in [0.5, 0.6) is 0 Å². The Balaban J connectivity index is 2.94. The van der Waals surface area contributed by atoms with Crippen molar-refractivity contribution in [2.45, 2.75) is 32.8 Å². The van der Waals surface area contributed by atoms with Crippen molar-refractivity contribution in [2.24, 2.45) is 0 Å². The van der Waals surface area contributed by atoms with Gasteiger partial charge in [-0.15, -0.1) is 0 Å². The molecule has 72 valence electrons. The van der Waals surface area contributed by atoms with Gasteiger partial charge in [-0.25, -0.2) is 0 Å². The lowest BCUT2D eigenvalue weighted by Gasteiger charge is -2.09. The van der Waals surface area contributed by atoms with Gasteiger partial charge in [0.1, 0.15) is 0 Å². The van der Waals surface area contributed by atoms with E-state index in [2.05, 4.69) is 6.92 Å². The lowest BCUT2D eigenvalue weighted by molar-refractivity contribution is 0.195. The maximum absolute atomic E-state index is 9.27. The van der Waals surface area contributed by atoms with E-state index >= 15 is 0 Å². The third-order valence-electron chi connectivity index (χ3n) is 2.06. The fourth-order valence-electron chi connectivity index (χ4n) is 1.45. The zero-order valence-corrected chi connectivity index (χ0v) is 8.80. The summed E-state index contributed by atoms with van der Waals surface area (Å²) in [5.41, 5.74) is 2.43. The van der Waals surface area contributed by atoms with Crippen LogP contribution in [-0.4, -0.2) is 11.2 Å². The van der Waals surface area contributed by atoms with Crippen molar-refractivity contribution < 1.29 is 5.11 Å². The van der Waals surface area contributed by atoms with Crippen LogP contribution in [0.2, 0.25) is 5.02 Å². The van der Waals surface area contributed by atoms with Crippen LogP contribution in [0.4, 0.5) is 0 Å². The minimum atomic E-state index is -0.302. The van der Waals surface area contributed by atoms with E-state index in [4.69, 9.17) is 11.6 Å². The topological polar surface area (TPSA) is 20.2 Å². The third kappa shape index (κ3) is 3.02. The van der Waals surface area contributed by atoms with Crippen molar-refractivity contribution in [3.8, 4) is 0 Å². The average Bonchev–Trinajstić information content (AvgIpc) is 2.03. The summed E-state index contributed by atoms with van der Waals surface area (Å²) in [6, 6.07) is 5.86. The quantitative estimate of drug-likeness (QED) is 0.792. The molecule has 0 aromatic heterocycles. The molecule has 2 heteroatoms. The number of hydrogen-bond acceptors (Lipinski definition) is 1. The van der Waals surface area contributed by atoms with Crippen molar-refractivity contribution in [2.75, 3.05) is 0 Å². The number of aliphatic hydroxyl groups excluding tert-OH is 1. The Morgan fingerprint density at radius 2 is 2.08 bits per heavy atom. The molecule has 0 saturated carbocycles. The number of aliphatic hydroxyl groups is 1. The zero-order valence-electron chi connectivity index (χ0n) is 8.05. The number of hydrogen-bond donors (Lipinski definition) is 1. The highest BCUT2D eigenvalue weighted by atomic mass is 35.5. The van der Waals surface area contributed by atoms with Gasteiger partial charge < -0.3 is 5.11 Å². The molecule has 1 nitrogen and oxygen atoms in total. The number of rotatable bonds is 3. The van der Waals surface area contributed by atoms with Gasteiger partial charge in [-0.3, -0.25) is 0 Å². The van der Waals surface area contributed by atoms with Crippen LogP contribution in [0, 0.1) is 0 Å². The maximum Gasteiger partial charge on any atom is 0.0552 e. The number of halogens is 1. The predicted molar refractivity (Wildman–Crippen MR) is 56.2 cm³/mol. The minimum absolute atomic E-state index is 0.302. The van der Waals surface area contributed by atoms with Crippen LogP contribution in [0.3, 0.4) is 0 Å². The Morgan fingerprint density at radius 3 is 2.62 bits per heavy atom. The van der Waals surface area contributed by atoms with E-state index in [1.807, 2.05) is 18.2 Å². The maximum atomic E-state index is 9.27. The first kappa shape index (κ1) is 10.6. The molecule has 1 atom stereocenters. The highest BCUT2D eigenvalue weighted by molar-refractivity contribution is 6.30. The highest BCUT2D eigenvalue weighted by Gasteiger charge is 2.04. The summed E-state index contributed by atoms with van der Waals surface area (Å²) < 4.78 is 0. The van der Waals surface area contributed by atoms with Gasteiger partial charge in [0.25, 0.3) is 0 Å². The van der Waals surface area contributed by atoms with E-state index in [9.17, 15) is 5.11 Å². The van der Waals surface area contributed by atoms with E-state index in [0.717, 1.165) is 17.0 Å². The molecule has 0 bridgehead atoms. The van der Waals surface area contributed by atoms with Gasteiger partial charge >= 0.3 is 0 Å². The first-order valence-corrected chi connectivity index (χ1v) is 4.96. The lowest BCUT2D eigenvalue weighted by atomic mass is 10.0. The van der Waals surface area contributed by atoms with Gasteiger partial charge in [0.15, 0.2) is 0 Å². The summed E-state index contributed by atoms with van der Waals surface area (Å²) in [6.07, 6.45) is 1.37. The van der Waals surface area contributed by atoms with Gasteiger partial charge in [0, 0.05) is 5.02 Å². The molecule has 1 rings (SSSR count). The van der Waals surface area contributed by atoms with E-state index in [1.54, 1.807) is 6.92 Å². The molecule has 0 heterocycles. The summed E-state index contributed by atoms with van der Waals surface area (Å²) in [5.74, 6) is 0. The first-order valence-electron chi connectivity index (χ1n) is 4.59. The van der Waals surface area contributed by atoms with Crippen molar-refractivity contribution in [1.82, 2.24) is 0 Å². The molecule has 0 spiro atoms. The molecule has 1 unspecified atom stereocenters. The van der Waals surface area contributed by atoms with Crippen molar-refractivity contribution in [3.63, 3.8) is 0 Å². The van der Waals surface area contributed by atoms with Gasteiger partial charge in [-0.2, -0.15) is 0 Å². The van der Waals surface area contributed by atoms with Gasteiger partial charge in [-0.05, 0) is 43.0 Å². The van der Waals surface area contributed by atoms with E-state index < -0.39 is 0 Å². The second kappa shape index (κ2) is 4.64. The van der Waals surface area contributed by atoms with Gasteiger partial charge in [-0.1, -0.05) is 24.6 Å². The summed E-state index contributed by atoms with van der Waals surface area (Å²) in [5, 5.41) is 10.0. The van der Waals surface area contributed by atoms with Gasteiger partial charge in [0.05, 0.1) is 6.10 Å². The van der Waals surface area contributed by atoms with Crippen LogP contribution < -0.4 is 0 Å². The second-order valence-corrected chi connectivity index (χ2v) is 3.76. The summed E-state index contributed by atoms with van der Waals surface area (Å²) >= 11 is 5.88. The second-order valence-electron chi connectivity index (χ2n) is 3.32. The minimum Gasteiger partial charge on any atom is -0.393 e. The Morgan fingerprint density at radius 1 is 1.38 bits per heavy atom. The van der Waals surface area contributed by atoms with Crippen LogP contribution in [0.1, 0.15) is 25.0 Å². The van der Waals surface area contributed by atoms with E-state index in [0.29, 0.717) is 6.42 Å². The number of benzene rings is 1. The zero-order chi connectivity index (χ0) is 9.84. The Labute approximate surface area is 84.4 Å². The summed E-state index contributed by atoms with van der Waals surface area (Å²) in [6.45, 7) is 3.90. The van der Waals surface area contributed by atoms with Crippen molar-refractivity contribution in [3.05, 3.63) is 34.3 Å². The molecule has 0 aliphatic carbocycles. The largest absolute Gasteiger partial charge is 0.393 e. The smallest absolute Gasteiger partial charge is 0.0552 e. The summed E-state index contributed by atoms with van der Waals surface area (Å²) in [4.78, 5) is 0. The van der Waals surface area contributed by atoms with Crippen molar-refractivity contribution in [1.29, 1.82) is 0 Å². The predicted octanol–water partition coefficient (Wildman–Crippen LogP) is 2.83. The third-order valence-corrected chi connectivity index (χ3v) is 2.30. The molecular weight excluding hydrogens is 184 g/mol. The van der Waals surface area contributed by atoms with E-state index in [-0.39, 0.29) is 6.10 Å². The van der Waals surface area contributed by atoms with Crippen LogP contribution >= 0.6 is 11.6 Å². The molecule has 0 aliphatic rings. The Kier molecular flexibility index (Phi) is 3.76. The molecule has 0 radical (unpaired) electrons. The molecule has 1 aromatic rings. The highest BCUT2D eigenvalue weighted by Crippen LogP contribution is 2.18. The SMILES string of the molecule is CCc1ccc(Cl)cc1CC(C)O. The molecular formula is C11H15ClO. The monoisotopic (exact) mass is 198 g/mol. The molecule has 0 amide bonds. The normalized spacial score (nSPS) is 12.9. The first-order chi connectivity index (χ1) is 6.13. The molecule has 0 fully saturated rings. The standard InChI is InChI=1S/C11H15ClO/c1-3-9-4-5-11(12)7-10(9)6-8(2)13/h4-5,7-8,13H,3,6H2,1-2H3. The van der Waals surface area contributed by atoms with Crippen molar-refractivity contribution >= 4 is 11.6 Å². The molecule has 0 aliphatic heterocycles. The molecule has 13 heavy (non-hydrogen) atoms. The molecule has 1 aromatic carbocycles. The summed E-state index contributed by atoms with van der Waals surface area (Å²) in [7, 11) is 0. The number of aryl methyl sites for hydroxylation is 1. The van der Waals surface area contributed by atoms with Crippen LogP contribution in [-0.2, 0) is 12.8 Å². The Bertz CT molecular complexity index is 281. The lowest BCUT2D eigenvalue weighted by Crippen LogP contribution is -2.06. The van der Waals surface area contributed by atoms with Crippen LogP contribution in [0.25, 0.3) is 0 Å².